The quantitative estimate of drug-likeness (QED) is 0.599. The Bertz CT molecular complexity index is 901. The van der Waals surface area contributed by atoms with Crippen LogP contribution in [0.15, 0.2) is 48.5 Å². The van der Waals surface area contributed by atoms with Gasteiger partial charge in [0.25, 0.3) is 5.91 Å². The molecule has 0 aliphatic carbocycles. The number of hydrogen-bond acceptors (Lipinski definition) is 4. The molecule has 0 spiro atoms. The molecule has 27 heavy (non-hydrogen) atoms. The minimum absolute atomic E-state index is 0.114. The van der Waals surface area contributed by atoms with Gasteiger partial charge in [-0.2, -0.15) is 0 Å². The first-order valence-corrected chi connectivity index (χ1v) is 8.82. The molecule has 0 fully saturated rings. The van der Waals surface area contributed by atoms with Crippen molar-refractivity contribution in [3.8, 4) is 5.75 Å². The fourth-order valence-electron chi connectivity index (χ4n) is 2.67. The molecule has 7 nitrogen and oxygen atoms in total. The number of carbonyl (C=O) groups is 2. The van der Waals surface area contributed by atoms with E-state index in [1.807, 2.05) is 38.1 Å². The van der Waals surface area contributed by atoms with E-state index >= 15 is 0 Å². The molecule has 0 unspecified atom stereocenters. The summed E-state index contributed by atoms with van der Waals surface area (Å²) in [7, 11) is 0. The second-order valence-electron chi connectivity index (χ2n) is 6.07. The number of benzene rings is 2. The Labute approximate surface area is 157 Å². The van der Waals surface area contributed by atoms with Crippen molar-refractivity contribution >= 4 is 22.8 Å². The van der Waals surface area contributed by atoms with E-state index in [0.29, 0.717) is 23.7 Å². The zero-order valence-corrected chi connectivity index (χ0v) is 15.3. The highest BCUT2D eigenvalue weighted by atomic mass is 16.5. The molecule has 140 valence electrons. The van der Waals surface area contributed by atoms with Crippen molar-refractivity contribution in [2.45, 2.75) is 19.9 Å². The number of fused-ring (bicyclic) bond motifs is 1. The van der Waals surface area contributed by atoms with Crippen LogP contribution in [-0.4, -0.2) is 34.9 Å². The lowest BCUT2D eigenvalue weighted by atomic mass is 10.2. The van der Waals surface area contributed by atoms with Crippen LogP contribution in [0.25, 0.3) is 11.0 Å². The fraction of sp³-hybridized carbons (Fsp3) is 0.250. The number of aromatic nitrogens is 2. The first-order chi connectivity index (χ1) is 13.1. The van der Waals surface area contributed by atoms with Crippen molar-refractivity contribution in [2.24, 2.45) is 0 Å². The van der Waals surface area contributed by atoms with Gasteiger partial charge in [-0.1, -0.05) is 12.1 Å². The van der Waals surface area contributed by atoms with Crippen molar-refractivity contribution in [1.29, 1.82) is 0 Å². The Morgan fingerprint density at radius 2 is 1.89 bits per heavy atom. The van der Waals surface area contributed by atoms with Crippen LogP contribution in [0, 0.1) is 0 Å². The number of nitrogens with zero attached hydrogens (tertiary/aromatic N) is 1. The lowest BCUT2D eigenvalue weighted by Gasteiger charge is -2.12. The molecule has 1 atom stereocenters. The maximum Gasteiger partial charge on any atom is 0.251 e. The Morgan fingerprint density at radius 1 is 1.15 bits per heavy atom. The second-order valence-corrected chi connectivity index (χ2v) is 6.07. The van der Waals surface area contributed by atoms with Gasteiger partial charge in [0.1, 0.15) is 11.6 Å². The van der Waals surface area contributed by atoms with Gasteiger partial charge in [0, 0.05) is 5.56 Å². The molecule has 1 aromatic heterocycles. The molecule has 0 bridgehead atoms. The number of carbonyl (C=O) groups excluding carboxylic acids is 2. The van der Waals surface area contributed by atoms with Crippen LogP contribution < -0.4 is 15.4 Å². The fourth-order valence-corrected chi connectivity index (χ4v) is 2.67. The van der Waals surface area contributed by atoms with Crippen LogP contribution in [0.4, 0.5) is 0 Å². The van der Waals surface area contributed by atoms with Crippen molar-refractivity contribution < 1.29 is 14.3 Å². The number of imidazole rings is 1. The Balaban J connectivity index is 1.51. The van der Waals surface area contributed by atoms with Gasteiger partial charge in [-0.25, -0.2) is 4.98 Å². The predicted molar refractivity (Wildman–Crippen MR) is 103 cm³/mol. The van der Waals surface area contributed by atoms with E-state index < -0.39 is 0 Å². The normalized spacial score (nSPS) is 11.8. The van der Waals surface area contributed by atoms with Crippen LogP contribution >= 0.6 is 0 Å². The second kappa shape index (κ2) is 8.35. The van der Waals surface area contributed by atoms with Crippen molar-refractivity contribution in [3.63, 3.8) is 0 Å². The Kier molecular flexibility index (Phi) is 5.71. The molecular weight excluding hydrogens is 344 g/mol. The standard InChI is InChI=1S/C20H22N4O3/c1-3-27-15-10-8-14(9-11-15)20(26)21-12-18(25)22-13(2)19-23-16-6-4-5-7-17(16)24-19/h4-11,13H,3,12H2,1-2H3,(H,21,26)(H,22,25)(H,23,24)/t13-/m0/s1. The summed E-state index contributed by atoms with van der Waals surface area (Å²) in [6.45, 7) is 4.18. The van der Waals surface area contributed by atoms with Crippen molar-refractivity contribution in [2.75, 3.05) is 13.2 Å². The Morgan fingerprint density at radius 3 is 2.59 bits per heavy atom. The number of para-hydroxylation sites is 2. The Hall–Kier alpha value is -3.35. The summed E-state index contributed by atoms with van der Waals surface area (Å²) >= 11 is 0. The SMILES string of the molecule is CCOc1ccc(C(=O)NCC(=O)N[C@@H](C)c2nc3ccccc3[nH]2)cc1. The summed E-state index contributed by atoms with van der Waals surface area (Å²) in [4.78, 5) is 31.9. The third-order valence-electron chi connectivity index (χ3n) is 4.03. The molecular formula is C20H22N4O3. The van der Waals surface area contributed by atoms with Crippen LogP contribution in [0.1, 0.15) is 36.1 Å². The summed E-state index contributed by atoms with van der Waals surface area (Å²) < 4.78 is 5.34. The van der Waals surface area contributed by atoms with Crippen LogP contribution in [0.3, 0.4) is 0 Å². The number of H-pyrrole nitrogens is 1. The van der Waals surface area contributed by atoms with Crippen LogP contribution in [0.2, 0.25) is 0 Å². The molecule has 2 aromatic carbocycles. The van der Waals surface area contributed by atoms with Gasteiger partial charge < -0.3 is 20.4 Å². The zero-order valence-electron chi connectivity index (χ0n) is 15.3. The van der Waals surface area contributed by atoms with Gasteiger partial charge in [-0.3, -0.25) is 9.59 Å². The van der Waals surface area contributed by atoms with E-state index in [4.69, 9.17) is 4.74 Å². The molecule has 3 aromatic rings. The highest BCUT2D eigenvalue weighted by Crippen LogP contribution is 2.15. The summed E-state index contributed by atoms with van der Waals surface area (Å²) in [5, 5.41) is 5.43. The summed E-state index contributed by atoms with van der Waals surface area (Å²) in [5.74, 6) is 0.765. The third kappa shape index (κ3) is 4.63. The average molecular weight is 366 g/mol. The van der Waals surface area contributed by atoms with Gasteiger partial charge >= 0.3 is 0 Å². The molecule has 0 radical (unpaired) electrons. The molecule has 0 saturated heterocycles. The van der Waals surface area contributed by atoms with Crippen molar-refractivity contribution in [1.82, 2.24) is 20.6 Å². The molecule has 7 heteroatoms. The summed E-state index contributed by atoms with van der Waals surface area (Å²) in [5.41, 5.74) is 2.23. The maximum absolute atomic E-state index is 12.1. The van der Waals surface area contributed by atoms with Gasteiger partial charge in [0.2, 0.25) is 5.91 Å². The highest BCUT2D eigenvalue weighted by molar-refractivity contribution is 5.96. The monoisotopic (exact) mass is 366 g/mol. The lowest BCUT2D eigenvalue weighted by molar-refractivity contribution is -0.120. The number of hydrogen-bond donors (Lipinski definition) is 3. The van der Waals surface area contributed by atoms with E-state index in [9.17, 15) is 9.59 Å². The van der Waals surface area contributed by atoms with Crippen molar-refractivity contribution in [3.05, 3.63) is 59.9 Å². The van der Waals surface area contributed by atoms with E-state index in [-0.39, 0.29) is 24.4 Å². The minimum Gasteiger partial charge on any atom is -0.494 e. The number of ether oxygens (including phenoxy) is 1. The van der Waals surface area contributed by atoms with Gasteiger partial charge in [0.05, 0.1) is 30.2 Å². The van der Waals surface area contributed by atoms with E-state index in [1.165, 1.54) is 0 Å². The van der Waals surface area contributed by atoms with E-state index in [2.05, 4.69) is 20.6 Å². The maximum atomic E-state index is 12.1. The van der Waals surface area contributed by atoms with Crippen LogP contribution in [0.5, 0.6) is 5.75 Å². The molecule has 3 N–H and O–H groups in total. The molecule has 0 aliphatic heterocycles. The minimum atomic E-state index is -0.315. The number of nitrogens with one attached hydrogen (secondary N) is 3. The number of aromatic amines is 1. The summed E-state index contributed by atoms with van der Waals surface area (Å²) in [6, 6.07) is 14.1. The predicted octanol–water partition coefficient (Wildman–Crippen LogP) is 2.57. The first kappa shape index (κ1) is 18.4. The van der Waals surface area contributed by atoms with E-state index in [1.54, 1.807) is 24.3 Å². The van der Waals surface area contributed by atoms with Crippen LogP contribution in [-0.2, 0) is 4.79 Å². The lowest BCUT2D eigenvalue weighted by Crippen LogP contribution is -2.38. The van der Waals surface area contributed by atoms with E-state index in [0.717, 1.165) is 11.0 Å². The molecule has 0 saturated carbocycles. The molecule has 2 amide bonds. The largest absolute Gasteiger partial charge is 0.494 e. The summed E-state index contributed by atoms with van der Waals surface area (Å²) in [6.07, 6.45) is 0. The van der Waals surface area contributed by atoms with Gasteiger partial charge in [-0.05, 0) is 50.2 Å². The van der Waals surface area contributed by atoms with Gasteiger partial charge in [0.15, 0.2) is 0 Å². The zero-order chi connectivity index (χ0) is 19.2. The first-order valence-electron chi connectivity index (χ1n) is 8.82. The number of rotatable bonds is 7. The molecule has 0 aliphatic rings. The molecule has 1 heterocycles. The average Bonchev–Trinajstić information content (AvgIpc) is 3.11. The van der Waals surface area contributed by atoms with Gasteiger partial charge in [-0.15, -0.1) is 0 Å². The number of amides is 2. The molecule has 3 rings (SSSR count). The topological polar surface area (TPSA) is 96.1 Å². The smallest absolute Gasteiger partial charge is 0.251 e. The highest BCUT2D eigenvalue weighted by Gasteiger charge is 2.14. The third-order valence-corrected chi connectivity index (χ3v) is 4.03.